The topological polar surface area (TPSA) is 52.6 Å². The van der Waals surface area contributed by atoms with Gasteiger partial charge in [0, 0.05) is 19.1 Å². The van der Waals surface area contributed by atoms with E-state index in [1.54, 1.807) is 18.9 Å². The molecule has 0 saturated heterocycles. The molecule has 0 saturated carbocycles. The van der Waals surface area contributed by atoms with Crippen molar-refractivity contribution in [2.24, 2.45) is 0 Å². The van der Waals surface area contributed by atoms with E-state index in [2.05, 4.69) is 5.32 Å². The number of nitrogens with one attached hydrogen (secondary N) is 1. The van der Waals surface area contributed by atoms with E-state index in [4.69, 9.17) is 5.11 Å². The number of aliphatic hydroxyl groups excluding tert-OH is 1. The van der Waals surface area contributed by atoms with Crippen LogP contribution in [0.3, 0.4) is 0 Å². The highest BCUT2D eigenvalue weighted by Crippen LogP contribution is 2.01. The zero-order chi connectivity index (χ0) is 11.4. The normalized spacial score (nSPS) is 13.6. The largest absolute Gasteiger partial charge is 0.393 e. The number of hydrogen-bond donors (Lipinski definition) is 2. The fraction of sp³-hybridized carbons (Fsp3) is 0.900. The van der Waals surface area contributed by atoms with E-state index in [1.165, 1.54) is 0 Å². The number of nitrogens with zero attached hydrogens (tertiary/aromatic N) is 1. The minimum Gasteiger partial charge on any atom is -0.393 e. The van der Waals surface area contributed by atoms with Crippen LogP contribution >= 0.6 is 0 Å². The maximum Gasteiger partial charge on any atom is 0.317 e. The molecule has 84 valence electrons. The van der Waals surface area contributed by atoms with Crippen molar-refractivity contribution in [1.29, 1.82) is 0 Å². The molecule has 0 rings (SSSR count). The van der Waals surface area contributed by atoms with E-state index in [-0.39, 0.29) is 17.7 Å². The Morgan fingerprint density at radius 3 is 2.36 bits per heavy atom. The van der Waals surface area contributed by atoms with Gasteiger partial charge in [-0.05, 0) is 34.1 Å². The van der Waals surface area contributed by atoms with E-state index >= 15 is 0 Å². The zero-order valence-corrected chi connectivity index (χ0v) is 9.79. The van der Waals surface area contributed by atoms with Crippen LogP contribution in [0.5, 0.6) is 0 Å². The Kier molecular flexibility index (Phi) is 4.91. The predicted octanol–water partition coefficient (Wildman–Crippen LogP) is 1.20. The van der Waals surface area contributed by atoms with Crippen molar-refractivity contribution in [2.75, 3.05) is 13.6 Å². The highest BCUT2D eigenvalue weighted by molar-refractivity contribution is 5.74. The van der Waals surface area contributed by atoms with Crippen molar-refractivity contribution >= 4 is 6.03 Å². The van der Waals surface area contributed by atoms with Crippen LogP contribution < -0.4 is 5.32 Å². The molecule has 0 bridgehead atoms. The molecule has 2 amide bonds. The number of aliphatic hydroxyl groups is 1. The van der Waals surface area contributed by atoms with Crippen LogP contribution in [0.2, 0.25) is 0 Å². The summed E-state index contributed by atoms with van der Waals surface area (Å²) in [7, 11) is 1.73. The number of hydrogen-bond acceptors (Lipinski definition) is 2. The van der Waals surface area contributed by atoms with Gasteiger partial charge in [-0.15, -0.1) is 0 Å². The molecule has 0 aromatic rings. The van der Waals surface area contributed by atoms with Crippen molar-refractivity contribution in [2.45, 2.75) is 45.8 Å². The molecule has 0 fully saturated rings. The van der Waals surface area contributed by atoms with E-state index < -0.39 is 0 Å². The smallest absolute Gasteiger partial charge is 0.317 e. The molecule has 4 nitrogen and oxygen atoms in total. The molecule has 14 heavy (non-hydrogen) atoms. The molecule has 0 aliphatic heterocycles. The molecular formula is C10H22N2O2. The van der Waals surface area contributed by atoms with Crippen LogP contribution in [0.25, 0.3) is 0 Å². The van der Waals surface area contributed by atoms with Gasteiger partial charge in [0.25, 0.3) is 0 Å². The Morgan fingerprint density at radius 2 is 2.00 bits per heavy atom. The first kappa shape index (κ1) is 13.2. The molecule has 0 aliphatic rings. The summed E-state index contributed by atoms with van der Waals surface area (Å²) in [6.45, 7) is 8.10. The summed E-state index contributed by atoms with van der Waals surface area (Å²) in [5.41, 5.74) is -0.212. The highest BCUT2D eigenvalue weighted by Gasteiger charge is 2.16. The lowest BCUT2D eigenvalue weighted by Gasteiger charge is -2.26. The average molecular weight is 202 g/mol. The van der Waals surface area contributed by atoms with Gasteiger partial charge >= 0.3 is 6.03 Å². The van der Waals surface area contributed by atoms with Crippen molar-refractivity contribution in [3.63, 3.8) is 0 Å². The van der Waals surface area contributed by atoms with E-state index in [1.807, 2.05) is 20.8 Å². The summed E-state index contributed by atoms with van der Waals surface area (Å²) in [5.74, 6) is 0. The molecule has 1 atom stereocenters. The molecule has 0 aromatic heterocycles. The van der Waals surface area contributed by atoms with Gasteiger partial charge in [-0.25, -0.2) is 4.79 Å². The molecule has 0 heterocycles. The van der Waals surface area contributed by atoms with Gasteiger partial charge in [-0.2, -0.15) is 0 Å². The molecule has 4 heteroatoms. The van der Waals surface area contributed by atoms with Crippen LogP contribution in [0, 0.1) is 0 Å². The van der Waals surface area contributed by atoms with Crippen LogP contribution in [0.4, 0.5) is 4.79 Å². The fourth-order valence-corrected chi connectivity index (χ4v) is 0.898. The number of carbonyl (C=O) groups is 1. The Balaban J connectivity index is 3.88. The number of urea groups is 1. The van der Waals surface area contributed by atoms with Crippen molar-refractivity contribution in [1.82, 2.24) is 10.2 Å². The molecule has 0 aromatic carbocycles. The molecular weight excluding hydrogens is 180 g/mol. The van der Waals surface area contributed by atoms with Crippen molar-refractivity contribution in [3.05, 3.63) is 0 Å². The predicted molar refractivity (Wildman–Crippen MR) is 57.2 cm³/mol. The minimum absolute atomic E-state index is 0.0989. The lowest BCUT2D eigenvalue weighted by molar-refractivity contribution is 0.161. The summed E-state index contributed by atoms with van der Waals surface area (Å²) >= 11 is 0. The summed E-state index contributed by atoms with van der Waals surface area (Å²) in [4.78, 5) is 13.1. The van der Waals surface area contributed by atoms with Crippen molar-refractivity contribution < 1.29 is 9.90 Å². The second-order valence-corrected chi connectivity index (χ2v) is 4.74. The third-order valence-electron chi connectivity index (χ3n) is 1.71. The lowest BCUT2D eigenvalue weighted by Crippen LogP contribution is -2.47. The van der Waals surface area contributed by atoms with Gasteiger partial charge in [-0.3, -0.25) is 0 Å². The first-order valence-electron chi connectivity index (χ1n) is 4.93. The summed E-state index contributed by atoms with van der Waals surface area (Å²) in [6, 6.07) is -0.0989. The number of rotatable bonds is 3. The maximum absolute atomic E-state index is 11.5. The van der Waals surface area contributed by atoms with Gasteiger partial charge in [0.05, 0.1) is 6.10 Å². The molecule has 0 aliphatic carbocycles. The van der Waals surface area contributed by atoms with Gasteiger partial charge < -0.3 is 15.3 Å². The summed E-state index contributed by atoms with van der Waals surface area (Å²) < 4.78 is 0. The maximum atomic E-state index is 11.5. The quantitative estimate of drug-likeness (QED) is 0.722. The van der Waals surface area contributed by atoms with Gasteiger partial charge in [-0.1, -0.05) is 0 Å². The zero-order valence-electron chi connectivity index (χ0n) is 9.79. The third kappa shape index (κ3) is 6.71. The number of carbonyl (C=O) groups excluding carboxylic acids is 1. The fourth-order valence-electron chi connectivity index (χ4n) is 0.898. The first-order chi connectivity index (χ1) is 6.22. The van der Waals surface area contributed by atoms with E-state index in [0.29, 0.717) is 13.0 Å². The van der Waals surface area contributed by atoms with E-state index in [9.17, 15) is 4.79 Å². The van der Waals surface area contributed by atoms with E-state index in [0.717, 1.165) is 0 Å². The van der Waals surface area contributed by atoms with Crippen LogP contribution in [-0.2, 0) is 0 Å². The molecule has 2 N–H and O–H groups in total. The number of amides is 2. The SMILES string of the molecule is CC(O)CCN(C)C(=O)NC(C)(C)C. The standard InChI is InChI=1S/C10H22N2O2/c1-8(13)6-7-12(5)9(14)11-10(2,3)4/h8,13H,6-7H2,1-5H3,(H,11,14). The minimum atomic E-state index is -0.361. The van der Waals surface area contributed by atoms with Crippen LogP contribution in [0.1, 0.15) is 34.1 Å². The summed E-state index contributed by atoms with van der Waals surface area (Å²) in [5, 5.41) is 11.9. The Bertz CT molecular complexity index is 185. The second-order valence-electron chi connectivity index (χ2n) is 4.74. The highest BCUT2D eigenvalue weighted by atomic mass is 16.3. The van der Waals surface area contributed by atoms with Gasteiger partial charge in [0.1, 0.15) is 0 Å². The lowest BCUT2D eigenvalue weighted by atomic mass is 10.1. The van der Waals surface area contributed by atoms with Gasteiger partial charge in [0.2, 0.25) is 0 Å². The van der Waals surface area contributed by atoms with Crippen molar-refractivity contribution in [3.8, 4) is 0 Å². The Labute approximate surface area is 86.3 Å². The monoisotopic (exact) mass is 202 g/mol. The Hall–Kier alpha value is -0.770. The average Bonchev–Trinajstić information content (AvgIpc) is 1.96. The first-order valence-corrected chi connectivity index (χ1v) is 4.93. The molecule has 1 unspecified atom stereocenters. The Morgan fingerprint density at radius 1 is 1.50 bits per heavy atom. The summed E-state index contributed by atoms with van der Waals surface area (Å²) in [6.07, 6.45) is 0.244. The van der Waals surface area contributed by atoms with Gasteiger partial charge in [0.15, 0.2) is 0 Å². The van der Waals surface area contributed by atoms with Crippen LogP contribution in [0.15, 0.2) is 0 Å². The second kappa shape index (κ2) is 5.20. The third-order valence-corrected chi connectivity index (χ3v) is 1.71. The molecule has 0 spiro atoms. The molecule has 0 radical (unpaired) electrons. The van der Waals surface area contributed by atoms with Crippen LogP contribution in [-0.4, -0.2) is 41.3 Å².